The maximum atomic E-state index is 12.8. The highest BCUT2D eigenvalue weighted by Gasteiger charge is 2.23. The lowest BCUT2D eigenvalue weighted by atomic mass is 10.1. The zero-order chi connectivity index (χ0) is 21.6. The molecule has 1 N–H and O–H groups in total. The van der Waals surface area contributed by atoms with E-state index in [1.807, 2.05) is 12.1 Å². The van der Waals surface area contributed by atoms with Crippen molar-refractivity contribution in [3.8, 4) is 11.6 Å². The van der Waals surface area contributed by atoms with Crippen molar-refractivity contribution < 1.29 is 28.5 Å². The van der Waals surface area contributed by atoms with Crippen molar-refractivity contribution in [1.82, 2.24) is 9.97 Å². The predicted molar refractivity (Wildman–Crippen MR) is 115 cm³/mol. The summed E-state index contributed by atoms with van der Waals surface area (Å²) in [5.41, 5.74) is 2.05. The molecule has 0 radical (unpaired) electrons. The summed E-state index contributed by atoms with van der Waals surface area (Å²) < 4.78 is 28.2. The number of benzene rings is 1. The summed E-state index contributed by atoms with van der Waals surface area (Å²) in [7, 11) is 3.18. The number of hydrogen-bond acceptors (Lipinski definition) is 9. The number of methoxy groups -OCH3 is 2. The van der Waals surface area contributed by atoms with Crippen molar-refractivity contribution in [2.24, 2.45) is 0 Å². The summed E-state index contributed by atoms with van der Waals surface area (Å²) >= 11 is 1.37. The Labute approximate surface area is 183 Å². The van der Waals surface area contributed by atoms with Crippen molar-refractivity contribution in [3.05, 3.63) is 41.6 Å². The average molecular weight is 445 g/mol. The van der Waals surface area contributed by atoms with Crippen LogP contribution in [-0.4, -0.2) is 63.1 Å². The van der Waals surface area contributed by atoms with E-state index in [2.05, 4.69) is 15.3 Å². The highest BCUT2D eigenvalue weighted by molar-refractivity contribution is 7.22. The monoisotopic (exact) mass is 445 g/mol. The SMILES string of the molecule is COCCOc1cc(C(=O)Nc2nc3c(OC)ccc(C4COCCO4)c3s2)ccn1. The van der Waals surface area contributed by atoms with Crippen LogP contribution < -0.4 is 14.8 Å². The van der Waals surface area contributed by atoms with Crippen LogP contribution in [0, 0.1) is 0 Å². The Hall–Kier alpha value is -2.79. The topological polar surface area (TPSA) is 101 Å². The number of thiazole rings is 1. The molecule has 1 saturated heterocycles. The minimum absolute atomic E-state index is 0.182. The average Bonchev–Trinajstić information content (AvgIpc) is 3.23. The first-order valence-electron chi connectivity index (χ1n) is 9.75. The Bertz CT molecular complexity index is 1050. The highest BCUT2D eigenvalue weighted by atomic mass is 32.1. The minimum atomic E-state index is -0.309. The molecule has 1 unspecified atom stereocenters. The number of anilines is 1. The van der Waals surface area contributed by atoms with E-state index in [4.69, 9.17) is 23.7 Å². The fraction of sp³-hybridized carbons (Fsp3) is 0.381. The molecule has 3 aromatic rings. The molecule has 10 heteroatoms. The molecule has 3 heterocycles. The zero-order valence-electron chi connectivity index (χ0n) is 17.3. The van der Waals surface area contributed by atoms with Gasteiger partial charge >= 0.3 is 0 Å². The van der Waals surface area contributed by atoms with Crippen LogP contribution in [0.2, 0.25) is 0 Å². The van der Waals surface area contributed by atoms with Crippen LogP contribution in [0.3, 0.4) is 0 Å². The van der Waals surface area contributed by atoms with E-state index in [0.717, 1.165) is 10.3 Å². The molecule has 0 bridgehead atoms. The molecule has 0 aliphatic carbocycles. The van der Waals surface area contributed by atoms with Crippen LogP contribution >= 0.6 is 11.3 Å². The summed E-state index contributed by atoms with van der Waals surface area (Å²) in [5, 5.41) is 3.32. The molecule has 1 fully saturated rings. The number of hydrogen-bond donors (Lipinski definition) is 1. The second kappa shape index (κ2) is 10.0. The molecule has 1 atom stereocenters. The molecular weight excluding hydrogens is 422 g/mol. The van der Waals surface area contributed by atoms with E-state index >= 15 is 0 Å². The summed E-state index contributed by atoms with van der Waals surface area (Å²) in [6.07, 6.45) is 1.34. The number of ether oxygens (including phenoxy) is 5. The summed E-state index contributed by atoms with van der Waals surface area (Å²) in [5.74, 6) is 0.674. The van der Waals surface area contributed by atoms with E-state index in [9.17, 15) is 4.79 Å². The zero-order valence-corrected chi connectivity index (χ0v) is 18.1. The van der Waals surface area contributed by atoms with E-state index in [0.29, 0.717) is 60.9 Å². The number of nitrogens with zero attached hydrogens (tertiary/aromatic N) is 2. The molecule has 1 aromatic carbocycles. The number of aromatic nitrogens is 2. The molecule has 164 valence electrons. The number of fused-ring (bicyclic) bond motifs is 1. The number of pyridine rings is 1. The highest BCUT2D eigenvalue weighted by Crippen LogP contribution is 2.39. The number of rotatable bonds is 8. The van der Waals surface area contributed by atoms with Gasteiger partial charge < -0.3 is 23.7 Å². The Kier molecular flexibility index (Phi) is 6.92. The maximum absolute atomic E-state index is 12.8. The second-order valence-electron chi connectivity index (χ2n) is 6.67. The lowest BCUT2D eigenvalue weighted by molar-refractivity contribution is -0.0895. The second-order valence-corrected chi connectivity index (χ2v) is 7.67. The van der Waals surface area contributed by atoms with Gasteiger partial charge in [-0.05, 0) is 12.1 Å². The Morgan fingerprint density at radius 3 is 2.94 bits per heavy atom. The third-order valence-corrected chi connectivity index (χ3v) is 5.69. The molecule has 1 aliphatic rings. The van der Waals surface area contributed by atoms with Crippen molar-refractivity contribution in [2.75, 3.05) is 52.6 Å². The van der Waals surface area contributed by atoms with Gasteiger partial charge in [-0.3, -0.25) is 10.1 Å². The summed E-state index contributed by atoms with van der Waals surface area (Å²) in [6.45, 7) is 2.38. The van der Waals surface area contributed by atoms with Crippen molar-refractivity contribution in [2.45, 2.75) is 6.10 Å². The van der Waals surface area contributed by atoms with Crippen LogP contribution in [0.15, 0.2) is 30.5 Å². The van der Waals surface area contributed by atoms with Crippen LogP contribution in [0.1, 0.15) is 22.0 Å². The fourth-order valence-corrected chi connectivity index (χ4v) is 4.20. The first kappa shape index (κ1) is 21.4. The largest absolute Gasteiger partial charge is 0.494 e. The Morgan fingerprint density at radius 1 is 1.26 bits per heavy atom. The van der Waals surface area contributed by atoms with Crippen LogP contribution in [0.25, 0.3) is 10.2 Å². The van der Waals surface area contributed by atoms with Gasteiger partial charge in [-0.2, -0.15) is 0 Å². The molecule has 1 aliphatic heterocycles. The molecule has 4 rings (SSSR count). The molecule has 1 amide bonds. The van der Waals surface area contributed by atoms with Gasteiger partial charge in [0.1, 0.15) is 24.0 Å². The van der Waals surface area contributed by atoms with Crippen molar-refractivity contribution in [1.29, 1.82) is 0 Å². The maximum Gasteiger partial charge on any atom is 0.257 e. The van der Waals surface area contributed by atoms with Gasteiger partial charge in [-0.1, -0.05) is 17.4 Å². The lowest BCUT2D eigenvalue weighted by Crippen LogP contribution is -2.21. The third kappa shape index (κ3) is 4.93. The van der Waals surface area contributed by atoms with E-state index < -0.39 is 0 Å². The number of nitrogens with one attached hydrogen (secondary N) is 1. The van der Waals surface area contributed by atoms with Crippen molar-refractivity contribution >= 4 is 32.6 Å². The van der Waals surface area contributed by atoms with Gasteiger partial charge in [-0.25, -0.2) is 9.97 Å². The van der Waals surface area contributed by atoms with E-state index in [-0.39, 0.29) is 12.0 Å². The molecule has 2 aromatic heterocycles. The molecular formula is C21H23N3O6S. The normalized spacial score (nSPS) is 16.3. The van der Waals surface area contributed by atoms with Crippen LogP contribution in [0.4, 0.5) is 5.13 Å². The molecule has 0 saturated carbocycles. The van der Waals surface area contributed by atoms with Gasteiger partial charge in [0.2, 0.25) is 5.88 Å². The van der Waals surface area contributed by atoms with Crippen LogP contribution in [0.5, 0.6) is 11.6 Å². The first-order chi connectivity index (χ1) is 15.2. The van der Waals surface area contributed by atoms with Gasteiger partial charge in [0, 0.05) is 30.5 Å². The van der Waals surface area contributed by atoms with E-state index in [1.54, 1.807) is 26.4 Å². The first-order valence-corrected chi connectivity index (χ1v) is 10.6. The molecule has 9 nitrogen and oxygen atoms in total. The van der Waals surface area contributed by atoms with E-state index in [1.165, 1.54) is 17.5 Å². The Morgan fingerprint density at radius 2 is 2.16 bits per heavy atom. The molecule has 0 spiro atoms. The number of amides is 1. The number of carbonyl (C=O) groups is 1. The Balaban J connectivity index is 1.57. The van der Waals surface area contributed by atoms with Gasteiger partial charge in [0.15, 0.2) is 5.13 Å². The predicted octanol–water partition coefficient (Wildman–Crippen LogP) is 3.07. The van der Waals surface area contributed by atoms with Crippen LogP contribution in [-0.2, 0) is 14.2 Å². The summed E-state index contributed by atoms with van der Waals surface area (Å²) in [6, 6.07) is 7.01. The minimum Gasteiger partial charge on any atom is -0.494 e. The number of carbonyl (C=O) groups excluding carboxylic acids is 1. The van der Waals surface area contributed by atoms with Gasteiger partial charge in [-0.15, -0.1) is 0 Å². The quantitative estimate of drug-likeness (QED) is 0.528. The smallest absolute Gasteiger partial charge is 0.257 e. The van der Waals surface area contributed by atoms with Crippen molar-refractivity contribution in [3.63, 3.8) is 0 Å². The summed E-state index contributed by atoms with van der Waals surface area (Å²) in [4.78, 5) is 21.5. The molecule has 31 heavy (non-hydrogen) atoms. The lowest BCUT2D eigenvalue weighted by Gasteiger charge is -2.23. The van der Waals surface area contributed by atoms with Gasteiger partial charge in [0.05, 0.1) is 38.2 Å². The fourth-order valence-electron chi connectivity index (χ4n) is 3.17. The standard InChI is InChI=1S/C21H23N3O6S/c1-26-7-9-30-17-11-13(5-6-22-17)20(25)24-21-23-18-15(27-2)4-3-14(19(18)31-21)16-12-28-8-10-29-16/h3-6,11,16H,7-10,12H2,1-2H3,(H,23,24,25). The van der Waals surface area contributed by atoms with Gasteiger partial charge in [0.25, 0.3) is 5.91 Å². The third-order valence-electron chi connectivity index (χ3n) is 4.67.